The normalized spacial score (nSPS) is 18.5. The van der Waals surface area contributed by atoms with E-state index in [9.17, 15) is 4.79 Å². The summed E-state index contributed by atoms with van der Waals surface area (Å²) in [5.41, 5.74) is 1.93. The topological polar surface area (TPSA) is 55.1 Å². The average molecular weight is 287 g/mol. The molecule has 0 saturated heterocycles. The van der Waals surface area contributed by atoms with Crippen molar-refractivity contribution in [2.24, 2.45) is 7.05 Å². The van der Waals surface area contributed by atoms with Crippen molar-refractivity contribution in [3.8, 4) is 0 Å². The molecule has 3 heterocycles. The molecule has 21 heavy (non-hydrogen) atoms. The van der Waals surface area contributed by atoms with E-state index in [-0.39, 0.29) is 5.91 Å². The number of hydrogen-bond acceptors (Lipinski definition) is 3. The summed E-state index contributed by atoms with van der Waals surface area (Å²) in [6.45, 7) is 2.56. The van der Waals surface area contributed by atoms with Gasteiger partial charge < -0.3 is 9.88 Å². The van der Waals surface area contributed by atoms with Crippen molar-refractivity contribution in [2.75, 3.05) is 20.1 Å². The largest absolute Gasteiger partial charge is 0.351 e. The molecule has 1 amide bonds. The molecular formula is C15H21N5O. The van der Waals surface area contributed by atoms with Gasteiger partial charge in [0.25, 0.3) is 5.91 Å². The fourth-order valence-corrected chi connectivity index (χ4v) is 2.93. The van der Waals surface area contributed by atoms with E-state index in [1.807, 2.05) is 36.1 Å². The molecular weight excluding hydrogens is 266 g/mol. The Balaban J connectivity index is 1.57. The highest BCUT2D eigenvalue weighted by Gasteiger charge is 2.23. The third-order valence-electron chi connectivity index (χ3n) is 3.99. The number of likely N-dealkylation sites (N-methyl/N-ethyl adjacent to an activating group) is 1. The van der Waals surface area contributed by atoms with E-state index in [4.69, 9.17) is 0 Å². The number of rotatable bonds is 4. The van der Waals surface area contributed by atoms with Crippen LogP contribution in [0.15, 0.2) is 30.6 Å². The number of carbonyl (C=O) groups excluding carboxylic acids is 1. The number of nitrogens with one attached hydrogen (secondary N) is 1. The lowest BCUT2D eigenvalue weighted by Gasteiger charge is -2.31. The summed E-state index contributed by atoms with van der Waals surface area (Å²) in [7, 11) is 3.99. The van der Waals surface area contributed by atoms with E-state index >= 15 is 0 Å². The average Bonchev–Trinajstić information content (AvgIpc) is 3.06. The molecule has 2 aromatic rings. The Kier molecular flexibility index (Phi) is 3.79. The molecule has 1 aliphatic rings. The van der Waals surface area contributed by atoms with Gasteiger partial charge >= 0.3 is 0 Å². The minimum atomic E-state index is -0.0210. The molecule has 1 atom stereocenters. The van der Waals surface area contributed by atoms with Crippen molar-refractivity contribution in [1.29, 1.82) is 0 Å². The Morgan fingerprint density at radius 3 is 3.05 bits per heavy atom. The maximum atomic E-state index is 12.1. The van der Waals surface area contributed by atoms with Gasteiger partial charge in [-0.25, -0.2) is 0 Å². The number of carbonyl (C=O) groups is 1. The van der Waals surface area contributed by atoms with E-state index in [2.05, 4.69) is 33.1 Å². The molecule has 1 N–H and O–H groups in total. The highest BCUT2D eigenvalue weighted by atomic mass is 16.1. The Morgan fingerprint density at radius 1 is 1.43 bits per heavy atom. The zero-order chi connectivity index (χ0) is 14.8. The van der Waals surface area contributed by atoms with Crippen molar-refractivity contribution < 1.29 is 4.79 Å². The van der Waals surface area contributed by atoms with Crippen molar-refractivity contribution in [2.45, 2.75) is 19.0 Å². The first-order valence-corrected chi connectivity index (χ1v) is 7.25. The Morgan fingerprint density at radius 2 is 2.29 bits per heavy atom. The van der Waals surface area contributed by atoms with Crippen LogP contribution in [0.5, 0.6) is 0 Å². The lowest BCUT2D eigenvalue weighted by Crippen LogP contribution is -2.37. The van der Waals surface area contributed by atoms with Crippen LogP contribution < -0.4 is 5.32 Å². The van der Waals surface area contributed by atoms with Gasteiger partial charge in [-0.05, 0) is 31.7 Å². The maximum absolute atomic E-state index is 12.1. The predicted molar refractivity (Wildman–Crippen MR) is 80.0 cm³/mol. The molecule has 1 aliphatic heterocycles. The molecule has 112 valence electrons. The fourth-order valence-electron chi connectivity index (χ4n) is 2.93. The molecule has 0 fully saturated rings. The van der Waals surface area contributed by atoms with Crippen LogP contribution in [0, 0.1) is 0 Å². The summed E-state index contributed by atoms with van der Waals surface area (Å²) in [5.74, 6) is -0.0210. The Hall–Kier alpha value is -2.08. The smallest absolute Gasteiger partial charge is 0.267 e. The van der Waals surface area contributed by atoms with Gasteiger partial charge in [0.1, 0.15) is 5.69 Å². The van der Waals surface area contributed by atoms with Crippen LogP contribution in [0.3, 0.4) is 0 Å². The van der Waals surface area contributed by atoms with Crippen molar-refractivity contribution in [3.63, 3.8) is 0 Å². The molecule has 0 spiro atoms. The standard InChI is InChI=1S/C15H21N5O/c1-18-10-12(20-13(11-18)6-8-17-20)5-7-16-15(21)14-4-3-9-19(14)2/h3-4,6,8-9,12H,5,7,10-11H2,1-2H3,(H,16,21)/t12-/m1/s1. The summed E-state index contributed by atoms with van der Waals surface area (Å²) in [4.78, 5) is 14.4. The molecule has 3 rings (SSSR count). The van der Waals surface area contributed by atoms with Gasteiger partial charge in [0.2, 0.25) is 0 Å². The van der Waals surface area contributed by atoms with Crippen LogP contribution in [0.1, 0.15) is 28.6 Å². The summed E-state index contributed by atoms with van der Waals surface area (Å²) in [6.07, 6.45) is 4.61. The molecule has 0 bridgehead atoms. The van der Waals surface area contributed by atoms with Gasteiger partial charge in [-0.1, -0.05) is 0 Å². The molecule has 2 aromatic heterocycles. The minimum Gasteiger partial charge on any atom is -0.351 e. The second-order valence-corrected chi connectivity index (χ2v) is 5.67. The van der Waals surface area contributed by atoms with Gasteiger partial charge in [-0.3, -0.25) is 14.4 Å². The third kappa shape index (κ3) is 2.85. The second-order valence-electron chi connectivity index (χ2n) is 5.67. The summed E-state index contributed by atoms with van der Waals surface area (Å²) >= 11 is 0. The van der Waals surface area contributed by atoms with E-state index in [1.165, 1.54) is 5.69 Å². The predicted octanol–water partition coefficient (Wildman–Crippen LogP) is 1.03. The lowest BCUT2D eigenvalue weighted by atomic mass is 10.1. The molecule has 0 radical (unpaired) electrons. The third-order valence-corrected chi connectivity index (χ3v) is 3.99. The van der Waals surface area contributed by atoms with Crippen LogP contribution >= 0.6 is 0 Å². The highest BCUT2D eigenvalue weighted by molar-refractivity contribution is 5.92. The molecule has 0 saturated carbocycles. The van der Waals surface area contributed by atoms with Crippen molar-refractivity contribution in [3.05, 3.63) is 42.0 Å². The number of aromatic nitrogens is 3. The van der Waals surface area contributed by atoms with E-state index in [0.717, 1.165) is 19.5 Å². The second kappa shape index (κ2) is 5.73. The first-order chi connectivity index (χ1) is 10.1. The van der Waals surface area contributed by atoms with Gasteiger partial charge in [-0.15, -0.1) is 0 Å². The van der Waals surface area contributed by atoms with E-state index < -0.39 is 0 Å². The van der Waals surface area contributed by atoms with Crippen molar-refractivity contribution >= 4 is 5.91 Å². The van der Waals surface area contributed by atoms with Crippen molar-refractivity contribution in [1.82, 2.24) is 24.6 Å². The number of hydrogen-bond donors (Lipinski definition) is 1. The SMILES string of the molecule is CN1Cc2ccnn2[C@H](CCNC(=O)c2cccn2C)C1. The van der Waals surface area contributed by atoms with Crippen LogP contribution in [-0.2, 0) is 13.6 Å². The van der Waals surface area contributed by atoms with Gasteiger partial charge in [0.15, 0.2) is 0 Å². The van der Waals surface area contributed by atoms with Crippen LogP contribution in [0.2, 0.25) is 0 Å². The quantitative estimate of drug-likeness (QED) is 0.914. The van der Waals surface area contributed by atoms with Crippen LogP contribution in [0.4, 0.5) is 0 Å². The molecule has 6 nitrogen and oxygen atoms in total. The van der Waals surface area contributed by atoms with E-state index in [0.29, 0.717) is 18.3 Å². The van der Waals surface area contributed by atoms with E-state index in [1.54, 1.807) is 0 Å². The van der Waals surface area contributed by atoms with Crippen LogP contribution in [-0.4, -0.2) is 45.3 Å². The number of fused-ring (bicyclic) bond motifs is 1. The summed E-state index contributed by atoms with van der Waals surface area (Å²) in [6, 6.07) is 6.09. The fraction of sp³-hybridized carbons (Fsp3) is 0.467. The highest BCUT2D eigenvalue weighted by Crippen LogP contribution is 2.21. The molecule has 6 heteroatoms. The molecule has 0 unspecified atom stereocenters. The van der Waals surface area contributed by atoms with Gasteiger partial charge in [0, 0.05) is 39.1 Å². The first-order valence-electron chi connectivity index (χ1n) is 7.25. The minimum absolute atomic E-state index is 0.0210. The molecule has 0 aromatic carbocycles. The van der Waals surface area contributed by atoms with Gasteiger partial charge in [-0.2, -0.15) is 5.10 Å². The monoisotopic (exact) mass is 287 g/mol. The first kappa shape index (κ1) is 13.9. The summed E-state index contributed by atoms with van der Waals surface area (Å²) in [5, 5.41) is 7.40. The van der Waals surface area contributed by atoms with Crippen LogP contribution in [0.25, 0.3) is 0 Å². The number of nitrogens with zero attached hydrogens (tertiary/aromatic N) is 4. The number of aryl methyl sites for hydroxylation is 1. The summed E-state index contributed by atoms with van der Waals surface area (Å²) < 4.78 is 3.92. The zero-order valence-corrected chi connectivity index (χ0v) is 12.5. The lowest BCUT2D eigenvalue weighted by molar-refractivity contribution is 0.0940. The number of amides is 1. The molecule has 0 aliphatic carbocycles. The Labute approximate surface area is 124 Å². The van der Waals surface area contributed by atoms with Gasteiger partial charge in [0.05, 0.1) is 11.7 Å². The Bertz CT molecular complexity index is 630. The maximum Gasteiger partial charge on any atom is 0.267 e. The zero-order valence-electron chi connectivity index (χ0n) is 12.5.